The summed E-state index contributed by atoms with van der Waals surface area (Å²) >= 11 is 0. The lowest BCUT2D eigenvalue weighted by Gasteiger charge is -2.30. The molecule has 0 saturated carbocycles. The molecule has 2 N–H and O–H groups in total. The van der Waals surface area contributed by atoms with Gasteiger partial charge in [0.05, 0.1) is 5.69 Å². The molecule has 1 aromatic rings. The lowest BCUT2D eigenvalue weighted by Crippen LogP contribution is -2.42. The predicted molar refractivity (Wildman–Crippen MR) is 61.5 cm³/mol. The van der Waals surface area contributed by atoms with Crippen molar-refractivity contribution in [1.82, 2.24) is 9.88 Å². The zero-order chi connectivity index (χ0) is 10.7. The zero-order valence-corrected chi connectivity index (χ0v) is 9.32. The number of aryl methyl sites for hydroxylation is 1. The third-order valence-corrected chi connectivity index (χ3v) is 2.87. The second kappa shape index (κ2) is 4.73. The Kier molecular flexibility index (Phi) is 3.34. The van der Waals surface area contributed by atoms with Gasteiger partial charge in [-0.3, -0.25) is 9.88 Å². The number of piperidine rings is 1. The van der Waals surface area contributed by atoms with Crippen LogP contribution in [0.2, 0.25) is 0 Å². The molecule has 2 heterocycles. The molecule has 1 aliphatic heterocycles. The minimum atomic E-state index is 0.351. The molecule has 1 atom stereocenters. The Balaban J connectivity index is 1.96. The maximum atomic E-state index is 5.95. The molecule has 0 aromatic carbocycles. The standard InChI is InChI=1S/C12H19N3/c1-10-4-2-6-12(14-10)9-15-7-3-5-11(13)8-15/h2,4,6,11H,3,5,7-9,13H2,1H3. The van der Waals surface area contributed by atoms with Crippen molar-refractivity contribution in [3.63, 3.8) is 0 Å². The van der Waals surface area contributed by atoms with E-state index in [1.54, 1.807) is 0 Å². The molecule has 1 fully saturated rings. The first-order chi connectivity index (χ1) is 7.24. The quantitative estimate of drug-likeness (QED) is 0.791. The molecule has 15 heavy (non-hydrogen) atoms. The van der Waals surface area contributed by atoms with Crippen LogP contribution in [-0.2, 0) is 6.54 Å². The lowest BCUT2D eigenvalue weighted by molar-refractivity contribution is 0.199. The minimum absolute atomic E-state index is 0.351. The molecule has 1 aromatic heterocycles. The van der Waals surface area contributed by atoms with E-state index in [-0.39, 0.29) is 0 Å². The van der Waals surface area contributed by atoms with E-state index in [2.05, 4.69) is 22.0 Å². The number of aromatic nitrogens is 1. The van der Waals surface area contributed by atoms with Crippen molar-refractivity contribution >= 4 is 0 Å². The summed E-state index contributed by atoms with van der Waals surface area (Å²) in [6.45, 7) is 5.14. The van der Waals surface area contributed by atoms with Crippen LogP contribution in [0, 0.1) is 6.92 Å². The van der Waals surface area contributed by atoms with Crippen LogP contribution in [0.1, 0.15) is 24.2 Å². The first kappa shape index (κ1) is 10.6. The van der Waals surface area contributed by atoms with Crippen molar-refractivity contribution in [3.05, 3.63) is 29.6 Å². The first-order valence-corrected chi connectivity index (χ1v) is 5.64. The van der Waals surface area contributed by atoms with Crippen molar-refractivity contribution in [2.45, 2.75) is 32.4 Å². The molecular formula is C12H19N3. The molecule has 0 aliphatic carbocycles. The summed E-state index contributed by atoms with van der Waals surface area (Å²) in [5, 5.41) is 0. The maximum absolute atomic E-state index is 5.95. The van der Waals surface area contributed by atoms with E-state index >= 15 is 0 Å². The maximum Gasteiger partial charge on any atom is 0.0547 e. The first-order valence-electron chi connectivity index (χ1n) is 5.64. The molecule has 1 saturated heterocycles. The summed E-state index contributed by atoms with van der Waals surface area (Å²) in [5.74, 6) is 0. The van der Waals surface area contributed by atoms with E-state index in [0.29, 0.717) is 6.04 Å². The van der Waals surface area contributed by atoms with Gasteiger partial charge in [0, 0.05) is 24.8 Å². The van der Waals surface area contributed by atoms with Crippen LogP contribution in [0.5, 0.6) is 0 Å². The molecule has 1 unspecified atom stereocenters. The van der Waals surface area contributed by atoms with Crippen molar-refractivity contribution < 1.29 is 0 Å². The summed E-state index contributed by atoms with van der Waals surface area (Å²) in [7, 11) is 0. The third-order valence-electron chi connectivity index (χ3n) is 2.87. The number of hydrogen-bond donors (Lipinski definition) is 1. The van der Waals surface area contributed by atoms with E-state index in [1.807, 2.05) is 13.0 Å². The Labute approximate surface area is 91.3 Å². The van der Waals surface area contributed by atoms with Crippen LogP contribution in [0.25, 0.3) is 0 Å². The van der Waals surface area contributed by atoms with Crippen molar-refractivity contribution in [3.8, 4) is 0 Å². The molecule has 1 aliphatic rings. The Hall–Kier alpha value is -0.930. The van der Waals surface area contributed by atoms with Gasteiger partial charge in [-0.05, 0) is 38.4 Å². The average Bonchev–Trinajstić information content (AvgIpc) is 2.17. The highest BCUT2D eigenvalue weighted by atomic mass is 15.1. The normalized spacial score (nSPS) is 22.9. The van der Waals surface area contributed by atoms with Crippen LogP contribution >= 0.6 is 0 Å². The number of hydrogen-bond acceptors (Lipinski definition) is 3. The van der Waals surface area contributed by atoms with Gasteiger partial charge in [-0.1, -0.05) is 6.07 Å². The van der Waals surface area contributed by atoms with E-state index in [9.17, 15) is 0 Å². The highest BCUT2D eigenvalue weighted by Crippen LogP contribution is 2.11. The second-order valence-corrected chi connectivity index (χ2v) is 4.41. The van der Waals surface area contributed by atoms with Gasteiger partial charge in [0.15, 0.2) is 0 Å². The average molecular weight is 205 g/mol. The Morgan fingerprint density at radius 2 is 2.40 bits per heavy atom. The molecule has 0 amide bonds. The zero-order valence-electron chi connectivity index (χ0n) is 9.32. The van der Waals surface area contributed by atoms with Gasteiger partial charge in [-0.15, -0.1) is 0 Å². The second-order valence-electron chi connectivity index (χ2n) is 4.41. The summed E-state index contributed by atoms with van der Waals surface area (Å²) in [4.78, 5) is 6.91. The monoisotopic (exact) mass is 205 g/mol. The Bertz CT molecular complexity index is 324. The van der Waals surface area contributed by atoms with E-state index < -0.39 is 0 Å². The lowest BCUT2D eigenvalue weighted by atomic mass is 10.1. The fourth-order valence-corrected chi connectivity index (χ4v) is 2.15. The Morgan fingerprint density at radius 3 is 3.13 bits per heavy atom. The molecule has 2 rings (SSSR count). The topological polar surface area (TPSA) is 42.1 Å². The molecule has 3 nitrogen and oxygen atoms in total. The van der Waals surface area contributed by atoms with E-state index in [4.69, 9.17) is 5.73 Å². The smallest absolute Gasteiger partial charge is 0.0547 e. The number of nitrogens with zero attached hydrogens (tertiary/aromatic N) is 2. The fraction of sp³-hybridized carbons (Fsp3) is 0.583. The van der Waals surface area contributed by atoms with Gasteiger partial charge in [-0.25, -0.2) is 0 Å². The third kappa shape index (κ3) is 3.01. The van der Waals surface area contributed by atoms with Gasteiger partial charge < -0.3 is 5.73 Å². The number of pyridine rings is 1. The van der Waals surface area contributed by atoms with Crippen LogP contribution in [-0.4, -0.2) is 29.0 Å². The highest BCUT2D eigenvalue weighted by Gasteiger charge is 2.16. The summed E-state index contributed by atoms with van der Waals surface area (Å²) in [6, 6.07) is 6.55. The van der Waals surface area contributed by atoms with E-state index in [1.165, 1.54) is 6.42 Å². The van der Waals surface area contributed by atoms with E-state index in [0.717, 1.165) is 37.4 Å². The number of nitrogens with two attached hydrogens (primary N) is 1. The van der Waals surface area contributed by atoms with Crippen LogP contribution in [0.4, 0.5) is 0 Å². The molecule has 0 spiro atoms. The number of rotatable bonds is 2. The van der Waals surface area contributed by atoms with Gasteiger partial charge in [0.25, 0.3) is 0 Å². The van der Waals surface area contributed by atoms with Crippen molar-refractivity contribution in [1.29, 1.82) is 0 Å². The SMILES string of the molecule is Cc1cccc(CN2CCCC(N)C2)n1. The van der Waals surface area contributed by atoms with Gasteiger partial charge in [0.2, 0.25) is 0 Å². The number of likely N-dealkylation sites (tertiary alicyclic amines) is 1. The van der Waals surface area contributed by atoms with Gasteiger partial charge in [-0.2, -0.15) is 0 Å². The van der Waals surface area contributed by atoms with Crippen molar-refractivity contribution in [2.75, 3.05) is 13.1 Å². The largest absolute Gasteiger partial charge is 0.327 e. The van der Waals surface area contributed by atoms with Gasteiger partial charge in [0.1, 0.15) is 0 Å². The van der Waals surface area contributed by atoms with Crippen LogP contribution in [0.3, 0.4) is 0 Å². The highest BCUT2D eigenvalue weighted by molar-refractivity contribution is 5.09. The predicted octanol–water partition coefficient (Wildman–Crippen LogP) is 1.31. The van der Waals surface area contributed by atoms with Crippen LogP contribution < -0.4 is 5.73 Å². The summed E-state index contributed by atoms with van der Waals surface area (Å²) in [6.07, 6.45) is 2.38. The molecule has 0 radical (unpaired) electrons. The summed E-state index contributed by atoms with van der Waals surface area (Å²) in [5.41, 5.74) is 8.19. The van der Waals surface area contributed by atoms with Crippen molar-refractivity contribution in [2.24, 2.45) is 5.73 Å². The molecule has 0 bridgehead atoms. The fourth-order valence-electron chi connectivity index (χ4n) is 2.15. The molecule has 82 valence electrons. The van der Waals surface area contributed by atoms with Gasteiger partial charge >= 0.3 is 0 Å². The summed E-state index contributed by atoms with van der Waals surface area (Å²) < 4.78 is 0. The molecular weight excluding hydrogens is 186 g/mol. The Morgan fingerprint density at radius 1 is 1.53 bits per heavy atom. The molecule has 3 heteroatoms. The van der Waals surface area contributed by atoms with Crippen LogP contribution in [0.15, 0.2) is 18.2 Å². The minimum Gasteiger partial charge on any atom is -0.327 e.